The molecular weight excluding hydrogens is 412 g/mol. The Morgan fingerprint density at radius 3 is 2.03 bits per heavy atom. The van der Waals surface area contributed by atoms with Crippen LogP contribution in [0.3, 0.4) is 0 Å². The van der Waals surface area contributed by atoms with E-state index in [0.29, 0.717) is 24.9 Å². The Balaban J connectivity index is 1.56. The zero-order valence-corrected chi connectivity index (χ0v) is 17.8. The van der Waals surface area contributed by atoms with Crippen molar-refractivity contribution in [2.24, 2.45) is 0 Å². The number of nitrogens with zero attached hydrogens (tertiary/aromatic N) is 1. The molecule has 0 aliphatic carbocycles. The lowest BCUT2D eigenvalue weighted by atomic mass is 9.88. The summed E-state index contributed by atoms with van der Waals surface area (Å²) in [6.07, 6.45) is 0.453. The lowest BCUT2D eigenvalue weighted by molar-refractivity contribution is 0.0409. The first-order chi connectivity index (χ1) is 15.4. The minimum atomic E-state index is -0.935. The van der Waals surface area contributed by atoms with E-state index in [1.807, 2.05) is 31.2 Å². The molecule has 3 aromatic carbocycles. The summed E-state index contributed by atoms with van der Waals surface area (Å²) in [6, 6.07) is 19.8. The summed E-state index contributed by atoms with van der Waals surface area (Å²) < 4.78 is 32.5. The van der Waals surface area contributed by atoms with Crippen molar-refractivity contribution in [1.82, 2.24) is 4.90 Å². The molecule has 1 N–H and O–H groups in total. The molecule has 6 heteroatoms. The maximum Gasteiger partial charge on any atom is 0.411 e. The van der Waals surface area contributed by atoms with Gasteiger partial charge in [0.2, 0.25) is 0 Å². The Hall–Kier alpha value is -3.25. The molecule has 1 heterocycles. The van der Waals surface area contributed by atoms with Crippen molar-refractivity contribution in [2.75, 3.05) is 13.2 Å². The van der Waals surface area contributed by atoms with Gasteiger partial charge in [-0.15, -0.1) is 0 Å². The molecule has 1 amide bonds. The lowest BCUT2D eigenvalue weighted by Crippen LogP contribution is -2.33. The van der Waals surface area contributed by atoms with Gasteiger partial charge in [-0.05, 0) is 66.3 Å². The van der Waals surface area contributed by atoms with Crippen molar-refractivity contribution in [3.63, 3.8) is 0 Å². The number of ether oxygens (including phenoxy) is 1. The number of amides is 1. The quantitative estimate of drug-likeness (QED) is 0.507. The van der Waals surface area contributed by atoms with E-state index in [-0.39, 0.29) is 24.3 Å². The third-order valence-electron chi connectivity index (χ3n) is 6.09. The molecule has 32 heavy (non-hydrogen) atoms. The summed E-state index contributed by atoms with van der Waals surface area (Å²) in [4.78, 5) is 14.5. The monoisotopic (exact) mass is 437 g/mol. The van der Waals surface area contributed by atoms with Crippen LogP contribution in [0.1, 0.15) is 36.9 Å². The topological polar surface area (TPSA) is 49.8 Å². The van der Waals surface area contributed by atoms with Gasteiger partial charge in [-0.2, -0.15) is 0 Å². The molecule has 1 unspecified atom stereocenters. The molecule has 1 fully saturated rings. The average molecular weight is 437 g/mol. The summed E-state index contributed by atoms with van der Waals surface area (Å²) in [5.41, 5.74) is 2.57. The SMILES string of the molecule is C[C@@H](c1ccc(-c2ccc(F)cc2)cc1)N1CC(CCCO)(c2ccc(F)cc2)OC1=O. The number of rotatable bonds is 7. The van der Waals surface area contributed by atoms with Crippen molar-refractivity contribution >= 4 is 6.09 Å². The second-order valence-corrected chi connectivity index (χ2v) is 8.13. The van der Waals surface area contributed by atoms with E-state index in [4.69, 9.17) is 4.74 Å². The minimum absolute atomic E-state index is 0.0269. The van der Waals surface area contributed by atoms with Crippen molar-refractivity contribution in [3.05, 3.63) is 95.6 Å². The predicted octanol–water partition coefficient (Wildman–Crippen LogP) is 5.81. The molecule has 0 bridgehead atoms. The van der Waals surface area contributed by atoms with E-state index >= 15 is 0 Å². The summed E-state index contributed by atoms with van der Waals surface area (Å²) in [6.45, 7) is 2.21. The van der Waals surface area contributed by atoms with E-state index in [1.165, 1.54) is 24.3 Å². The fourth-order valence-corrected chi connectivity index (χ4v) is 4.21. The van der Waals surface area contributed by atoms with Crippen molar-refractivity contribution < 1.29 is 23.4 Å². The largest absolute Gasteiger partial charge is 0.436 e. The second kappa shape index (κ2) is 9.09. The molecule has 166 valence electrons. The van der Waals surface area contributed by atoms with Gasteiger partial charge in [0.05, 0.1) is 12.6 Å². The number of benzene rings is 3. The first-order valence-corrected chi connectivity index (χ1v) is 10.6. The highest BCUT2D eigenvalue weighted by Gasteiger charge is 2.47. The van der Waals surface area contributed by atoms with Crippen molar-refractivity contribution in [3.8, 4) is 11.1 Å². The van der Waals surface area contributed by atoms with Crippen LogP contribution in [0.5, 0.6) is 0 Å². The Kier molecular flexibility index (Phi) is 6.24. The Morgan fingerprint density at radius 1 is 0.938 bits per heavy atom. The third kappa shape index (κ3) is 4.36. The molecule has 0 saturated carbocycles. The summed E-state index contributed by atoms with van der Waals surface area (Å²) in [7, 11) is 0. The highest BCUT2D eigenvalue weighted by Crippen LogP contribution is 2.41. The lowest BCUT2D eigenvalue weighted by Gasteiger charge is -2.28. The van der Waals surface area contributed by atoms with E-state index in [0.717, 1.165) is 16.7 Å². The van der Waals surface area contributed by atoms with Crippen LogP contribution in [0.2, 0.25) is 0 Å². The fourth-order valence-electron chi connectivity index (χ4n) is 4.21. The van der Waals surface area contributed by atoms with Crippen molar-refractivity contribution in [1.29, 1.82) is 0 Å². The first-order valence-electron chi connectivity index (χ1n) is 10.6. The van der Waals surface area contributed by atoms with Gasteiger partial charge in [0.1, 0.15) is 11.6 Å². The minimum Gasteiger partial charge on any atom is -0.436 e. The number of halogens is 2. The number of aliphatic hydroxyl groups is 1. The smallest absolute Gasteiger partial charge is 0.411 e. The number of hydrogen-bond donors (Lipinski definition) is 1. The molecule has 4 rings (SSSR count). The van der Waals surface area contributed by atoms with E-state index in [9.17, 15) is 18.7 Å². The van der Waals surface area contributed by atoms with Gasteiger partial charge < -0.3 is 9.84 Å². The highest BCUT2D eigenvalue weighted by molar-refractivity contribution is 5.72. The summed E-state index contributed by atoms with van der Waals surface area (Å²) in [5, 5.41) is 9.35. The molecule has 0 aromatic heterocycles. The van der Waals surface area contributed by atoms with E-state index in [1.54, 1.807) is 29.2 Å². The average Bonchev–Trinajstić information content (AvgIpc) is 3.15. The van der Waals surface area contributed by atoms with Gasteiger partial charge in [-0.3, -0.25) is 4.90 Å². The second-order valence-electron chi connectivity index (χ2n) is 8.13. The fraction of sp³-hybridized carbons (Fsp3) is 0.269. The van der Waals surface area contributed by atoms with Gasteiger partial charge in [0, 0.05) is 6.61 Å². The zero-order valence-electron chi connectivity index (χ0n) is 17.8. The number of carbonyl (C=O) groups excluding carboxylic acids is 1. The van der Waals surface area contributed by atoms with Gasteiger partial charge in [-0.1, -0.05) is 48.5 Å². The maximum absolute atomic E-state index is 13.5. The third-order valence-corrected chi connectivity index (χ3v) is 6.09. The predicted molar refractivity (Wildman–Crippen MR) is 118 cm³/mol. The molecule has 1 saturated heterocycles. The van der Waals surface area contributed by atoms with Crippen LogP contribution in [0.25, 0.3) is 11.1 Å². The molecule has 1 aliphatic rings. The first kappa shape index (κ1) is 22.0. The van der Waals surface area contributed by atoms with Crippen LogP contribution in [0, 0.1) is 11.6 Å². The van der Waals surface area contributed by atoms with Crippen LogP contribution in [-0.4, -0.2) is 29.3 Å². The Bertz CT molecular complexity index is 1070. The zero-order chi connectivity index (χ0) is 22.7. The molecule has 0 spiro atoms. The number of hydrogen-bond acceptors (Lipinski definition) is 3. The molecule has 2 atom stereocenters. The van der Waals surface area contributed by atoms with E-state index in [2.05, 4.69) is 0 Å². The summed E-state index contributed by atoms with van der Waals surface area (Å²) >= 11 is 0. The summed E-state index contributed by atoms with van der Waals surface area (Å²) in [5.74, 6) is -0.640. The Morgan fingerprint density at radius 2 is 1.47 bits per heavy atom. The van der Waals surface area contributed by atoms with Gasteiger partial charge >= 0.3 is 6.09 Å². The van der Waals surface area contributed by atoms with Crippen molar-refractivity contribution in [2.45, 2.75) is 31.4 Å². The van der Waals surface area contributed by atoms with Crippen LogP contribution in [0.4, 0.5) is 13.6 Å². The molecule has 0 radical (unpaired) electrons. The van der Waals surface area contributed by atoms with Crippen LogP contribution < -0.4 is 0 Å². The number of cyclic esters (lactones) is 1. The maximum atomic E-state index is 13.5. The van der Waals surface area contributed by atoms with Crippen LogP contribution >= 0.6 is 0 Å². The van der Waals surface area contributed by atoms with Gasteiger partial charge in [0.25, 0.3) is 0 Å². The van der Waals surface area contributed by atoms with Crippen LogP contribution in [0.15, 0.2) is 72.8 Å². The molecule has 3 aromatic rings. The highest BCUT2D eigenvalue weighted by atomic mass is 19.1. The molecule has 4 nitrogen and oxygen atoms in total. The molecular formula is C26H25F2NO3. The number of carbonyl (C=O) groups is 1. The van der Waals surface area contributed by atoms with Crippen LogP contribution in [-0.2, 0) is 10.3 Å². The molecule has 1 aliphatic heterocycles. The van der Waals surface area contributed by atoms with Gasteiger partial charge in [0.15, 0.2) is 5.60 Å². The number of aliphatic hydroxyl groups excluding tert-OH is 1. The Labute approximate surface area is 186 Å². The van der Waals surface area contributed by atoms with E-state index < -0.39 is 11.7 Å². The van der Waals surface area contributed by atoms with Gasteiger partial charge in [-0.25, -0.2) is 13.6 Å². The standard InChI is InChI=1S/C26H25F2NO3/c1-18(19-3-5-20(6-4-19)21-7-11-23(27)12-8-21)29-17-26(15-2-16-30,32-25(29)31)22-9-13-24(28)14-10-22/h3-14,18,30H,2,15-17H2,1H3/t18-,26?/m0/s1. The normalized spacial score (nSPS) is 19.1.